The third-order valence-electron chi connectivity index (χ3n) is 11.3. The van der Waals surface area contributed by atoms with Gasteiger partial charge < -0.3 is 85.2 Å². The Bertz CT molecular complexity index is 3250. The van der Waals surface area contributed by atoms with Crippen LogP contribution >= 0.6 is 12.2 Å². The van der Waals surface area contributed by atoms with Crippen LogP contribution in [0.4, 0.5) is 28.1 Å². The van der Waals surface area contributed by atoms with E-state index in [-0.39, 0.29) is 126 Å². The Morgan fingerprint density at radius 2 is 0.798 bits per heavy atom. The van der Waals surface area contributed by atoms with Gasteiger partial charge in [-0.15, -0.1) is 0 Å². The Balaban J connectivity index is 0.000000627. The lowest BCUT2D eigenvalue weighted by Crippen LogP contribution is -2.37. The monoisotopic (exact) mass is 1350 g/mol. The number of hydrogen-bond acceptors (Lipinski definition) is 30. The molecule has 0 aromatic carbocycles. The zero-order valence-corrected chi connectivity index (χ0v) is 53.0. The number of imidazole rings is 4. The molecule has 0 atom stereocenters. The molecule has 44 heteroatoms. The number of thiocarbonyl (C=S) groups is 1. The molecule has 0 aliphatic rings. The molecule has 0 bridgehead atoms. The van der Waals surface area contributed by atoms with Crippen molar-refractivity contribution in [1.29, 1.82) is 0 Å². The zero-order valence-electron chi connectivity index (χ0n) is 52.1. The summed E-state index contributed by atoms with van der Waals surface area (Å²) in [6.45, 7) is 7.65. The van der Waals surface area contributed by atoms with E-state index in [1.54, 1.807) is 34.6 Å². The van der Waals surface area contributed by atoms with Gasteiger partial charge in [-0.2, -0.15) is 0 Å². The van der Waals surface area contributed by atoms with E-state index in [2.05, 4.69) is 58.4 Å². The number of carbonyl (C=O) groups is 10. The second kappa shape index (κ2) is 43.5. The topological polar surface area (TPSA) is 568 Å². The highest BCUT2D eigenvalue weighted by Gasteiger charge is 2.22. The smallest absolute Gasteiger partial charge is 0.342 e. The van der Waals surface area contributed by atoms with E-state index in [1.165, 1.54) is 39.3 Å². The van der Waals surface area contributed by atoms with Crippen LogP contribution in [0.3, 0.4) is 0 Å². The number of nitro groups is 4. The van der Waals surface area contributed by atoms with E-state index in [1.807, 2.05) is 5.32 Å². The molecule has 0 aliphatic carbocycles. The molecule has 0 saturated carbocycles. The molecule has 0 radical (unpaired) electrons. The van der Waals surface area contributed by atoms with Crippen molar-refractivity contribution in [3.63, 3.8) is 0 Å². The van der Waals surface area contributed by atoms with Crippen molar-refractivity contribution in [2.75, 3.05) is 67.0 Å². The first-order valence-electron chi connectivity index (χ1n) is 27.4. The van der Waals surface area contributed by atoms with Gasteiger partial charge in [0.25, 0.3) is 11.8 Å². The number of nitrogens with two attached hydrogens (primary N) is 1. The minimum absolute atomic E-state index is 0.00612. The molecule has 94 heavy (non-hydrogen) atoms. The molecule has 0 fully saturated rings. The number of ether oxygens (including phenoxy) is 6. The Labute approximate surface area is 537 Å². The van der Waals surface area contributed by atoms with Crippen LogP contribution < -0.4 is 32.3 Å². The van der Waals surface area contributed by atoms with E-state index >= 15 is 0 Å². The second-order valence-corrected chi connectivity index (χ2v) is 19.0. The van der Waals surface area contributed by atoms with E-state index in [9.17, 15) is 88.4 Å². The number of esters is 4. The summed E-state index contributed by atoms with van der Waals surface area (Å²) in [5.74, 6) is -3.84. The van der Waals surface area contributed by atoms with Gasteiger partial charge in [-0.1, -0.05) is 12.2 Å². The molecule has 43 nitrogen and oxygen atoms in total. The molecular weight excluding hydrogens is 1280 g/mol. The van der Waals surface area contributed by atoms with Crippen LogP contribution in [0.5, 0.6) is 0 Å². The molecule has 4 rings (SSSR count). The fourth-order valence-electron chi connectivity index (χ4n) is 6.96. The van der Waals surface area contributed by atoms with Crippen LogP contribution in [0.1, 0.15) is 75.7 Å². The number of rotatable bonds is 32. The zero-order chi connectivity index (χ0) is 71.0. The molecule has 0 saturated heterocycles. The number of urea groups is 1. The van der Waals surface area contributed by atoms with Gasteiger partial charge in [-0.25, -0.2) is 52.6 Å². The van der Waals surface area contributed by atoms with E-state index in [4.69, 9.17) is 34.2 Å². The minimum Gasteiger partial charge on any atom is -0.461 e. The van der Waals surface area contributed by atoms with Crippen LogP contribution in [-0.2, 0) is 97.8 Å². The number of aromatic nitrogens is 8. The number of imide groups is 2. The Kier molecular flexibility index (Phi) is 37.4. The van der Waals surface area contributed by atoms with Crippen LogP contribution in [0.2, 0.25) is 0 Å². The van der Waals surface area contributed by atoms with Gasteiger partial charge in [-0.05, 0) is 39.5 Å². The van der Waals surface area contributed by atoms with E-state index < -0.39 is 93.1 Å². The predicted molar refractivity (Wildman–Crippen MR) is 321 cm³/mol. The van der Waals surface area contributed by atoms with Gasteiger partial charge in [0, 0.05) is 74.4 Å². The largest absolute Gasteiger partial charge is 0.461 e. The van der Waals surface area contributed by atoms with Gasteiger partial charge in [0.2, 0.25) is 17.7 Å². The summed E-state index contributed by atoms with van der Waals surface area (Å²) in [6.07, 6.45) is 5.26. The summed E-state index contributed by atoms with van der Waals surface area (Å²) in [5, 5.41) is 54.1. The molecule has 516 valence electrons. The first kappa shape index (κ1) is 80.8. The summed E-state index contributed by atoms with van der Waals surface area (Å²) in [5.41, 5.74) is 5.33. The van der Waals surface area contributed by atoms with Crippen LogP contribution in [0.25, 0.3) is 0 Å². The minimum atomic E-state index is -0.735. The Morgan fingerprint density at radius 1 is 0.489 bits per heavy atom. The summed E-state index contributed by atoms with van der Waals surface area (Å²) < 4.78 is 34.6. The fourth-order valence-corrected chi connectivity index (χ4v) is 7.08. The van der Waals surface area contributed by atoms with E-state index in [0.717, 1.165) is 24.8 Å². The fraction of sp³-hybridized carbons (Fsp3) is 0.520. The van der Waals surface area contributed by atoms with Crippen molar-refractivity contribution < 1.29 is 96.1 Å². The average molecular weight is 1350 g/mol. The number of aryl methyl sites for hydroxylation is 4. The molecule has 0 aliphatic heterocycles. The van der Waals surface area contributed by atoms with Gasteiger partial charge in [0.15, 0.2) is 29.3 Å². The number of nitrogens with one attached hydrogen (secondary N) is 5. The highest BCUT2D eigenvalue weighted by molar-refractivity contribution is 7.80. The lowest BCUT2D eigenvalue weighted by molar-refractivity contribution is -0.392. The number of guanidine groups is 1. The number of amides is 7. The standard InChI is InChI=1S/C13H20N6O5.C13H19N5O6.C12H16N4O7.C12H16N4O6S/c1-9-16-8-11(19(22)23)18(9)6-7-24-12(21)5-3-4-10(20)17-13(14)15-2;1-9-15-8-11(18(22)23)17(9)6-7-24-12(20)5-3-4-10(19)16-13(21)14-2;1-8-13-5-11(16(20)21)15(8)3-4-23-12(19)7-22-6-10(18)14-9(2)17;1-8-13-5-11(16(19)20)15(8)3-4-22-12(18)7-21-6-10(17)14-9(2)23/h8H,3-7H2,1-2H3,(H3,14,15,17,20);8H,3-7H2,1-2H3,(H2,14,16,19,21);5H,3-4,6-7H2,1-2H3,(H,14,17,18);5H,3-4,6-7H2,1-2H3,(H,14,17,23). The summed E-state index contributed by atoms with van der Waals surface area (Å²) in [4.78, 5) is 172. The lowest BCUT2D eigenvalue weighted by atomic mass is 10.2. The van der Waals surface area contributed by atoms with Crippen LogP contribution in [-0.4, -0.2) is 195 Å². The SMILES string of the molecule is CC(=O)NC(=O)COCC(=O)OCCn1c([N+](=O)[O-])cnc1C.CC(=S)NC(=O)COCC(=O)OCCn1c([N+](=O)[O-])cnc1C.CN=C(N)NC(=O)CCCC(=O)OCCn1c([N+](=O)[O-])cnc1C.CNC(=O)NC(=O)CCCC(=O)OCCn1c([N+](=O)[O-])cnc1C. The molecule has 4 aromatic heterocycles. The van der Waals surface area contributed by atoms with Crippen molar-refractivity contribution in [1.82, 2.24) is 64.8 Å². The van der Waals surface area contributed by atoms with Crippen molar-refractivity contribution in [2.45, 2.75) is 106 Å². The summed E-state index contributed by atoms with van der Waals surface area (Å²) >= 11 is 4.67. The first-order chi connectivity index (χ1) is 44.3. The maximum Gasteiger partial charge on any atom is 0.342 e. The quantitative estimate of drug-likeness (QED) is 0.00688. The van der Waals surface area contributed by atoms with Gasteiger partial charge >= 0.3 is 53.2 Å². The Hall–Kier alpha value is -11.2. The predicted octanol–water partition coefficient (Wildman–Crippen LogP) is -0.412. The third-order valence-corrected chi connectivity index (χ3v) is 11.4. The van der Waals surface area contributed by atoms with Gasteiger partial charge in [0.1, 0.15) is 104 Å². The molecule has 4 aromatic rings. The molecule has 0 spiro atoms. The summed E-state index contributed by atoms with van der Waals surface area (Å²) in [6, 6.07) is -0.611. The average Bonchev–Trinajstić information content (AvgIpc) is 1.76. The molecule has 7 amide bonds. The maximum atomic E-state index is 11.6. The highest BCUT2D eigenvalue weighted by atomic mass is 32.1. The van der Waals surface area contributed by atoms with Crippen molar-refractivity contribution in [3.8, 4) is 0 Å². The number of nitrogens with zero attached hydrogens (tertiary/aromatic N) is 13. The van der Waals surface area contributed by atoms with Gasteiger partial charge in [-0.3, -0.25) is 54.5 Å². The number of carbonyl (C=O) groups excluding carboxylic acids is 10. The first-order valence-corrected chi connectivity index (χ1v) is 27.8. The number of hydrogen-bond donors (Lipinski definition) is 6. The molecular formula is C50H71N19O24S. The van der Waals surface area contributed by atoms with Crippen LogP contribution in [0, 0.1) is 68.2 Å². The maximum absolute atomic E-state index is 11.6. The normalized spacial score (nSPS) is 10.4. The molecule has 0 unspecified atom stereocenters. The summed E-state index contributed by atoms with van der Waals surface area (Å²) in [7, 11) is 2.83. The molecule has 7 N–H and O–H groups in total. The van der Waals surface area contributed by atoms with Crippen LogP contribution in [0.15, 0.2) is 29.8 Å². The lowest BCUT2D eigenvalue weighted by Gasteiger charge is -2.06. The third kappa shape index (κ3) is 33.1. The van der Waals surface area contributed by atoms with Crippen molar-refractivity contribution >= 4 is 106 Å². The van der Waals surface area contributed by atoms with E-state index in [0.29, 0.717) is 34.7 Å². The van der Waals surface area contributed by atoms with Crippen molar-refractivity contribution in [2.24, 2.45) is 10.7 Å². The molecule has 4 heterocycles. The second-order valence-electron chi connectivity index (χ2n) is 18.4. The van der Waals surface area contributed by atoms with Crippen molar-refractivity contribution in [3.05, 3.63) is 88.5 Å². The highest BCUT2D eigenvalue weighted by Crippen LogP contribution is 2.16. The number of aliphatic imine (C=N–C) groups is 1. The van der Waals surface area contributed by atoms with Gasteiger partial charge in [0.05, 0.1) is 4.99 Å². The Morgan fingerprint density at radius 3 is 1.09 bits per heavy atom.